The highest BCUT2D eigenvalue weighted by molar-refractivity contribution is 6.04. The van der Waals surface area contributed by atoms with Gasteiger partial charge >= 0.3 is 0 Å². The number of halogens is 1. The number of methoxy groups -OCH3 is 1. The third-order valence-corrected chi connectivity index (χ3v) is 5.65. The smallest absolute Gasteiger partial charge is 0.255 e. The highest BCUT2D eigenvalue weighted by Gasteiger charge is 2.43. The van der Waals surface area contributed by atoms with Gasteiger partial charge in [0.25, 0.3) is 5.91 Å². The van der Waals surface area contributed by atoms with Crippen molar-refractivity contribution < 1.29 is 13.9 Å². The Morgan fingerprint density at radius 1 is 1.03 bits per heavy atom. The van der Waals surface area contributed by atoms with E-state index in [1.54, 1.807) is 25.3 Å². The number of carbonyl (C=O) groups is 1. The van der Waals surface area contributed by atoms with Crippen LogP contribution in [0.3, 0.4) is 0 Å². The minimum Gasteiger partial charge on any atom is -0.497 e. The van der Waals surface area contributed by atoms with Crippen LogP contribution in [0.1, 0.15) is 34.3 Å². The van der Waals surface area contributed by atoms with Crippen LogP contribution in [0.15, 0.2) is 72.8 Å². The molecule has 0 aromatic heterocycles. The molecular formula is C25H25FN2O2. The van der Waals surface area contributed by atoms with E-state index in [0.717, 1.165) is 24.9 Å². The fraction of sp³-hybridized carbons (Fsp3) is 0.240. The van der Waals surface area contributed by atoms with Crippen LogP contribution in [0.2, 0.25) is 0 Å². The maximum absolute atomic E-state index is 13.8. The summed E-state index contributed by atoms with van der Waals surface area (Å²) >= 11 is 0. The van der Waals surface area contributed by atoms with Crippen molar-refractivity contribution in [3.63, 3.8) is 0 Å². The molecule has 1 fully saturated rings. The first-order chi connectivity index (χ1) is 14.6. The molecule has 0 heterocycles. The SMILES string of the molecule is COc1cccc(NC(=O)c2cccc(C3(CNCc4ccccc4F)CC3)c2)c1. The second kappa shape index (κ2) is 8.67. The zero-order valence-corrected chi connectivity index (χ0v) is 17.0. The second-order valence-electron chi connectivity index (χ2n) is 7.74. The van der Waals surface area contributed by atoms with E-state index in [4.69, 9.17) is 4.74 Å². The summed E-state index contributed by atoms with van der Waals surface area (Å²) in [6.07, 6.45) is 2.11. The third kappa shape index (κ3) is 4.52. The van der Waals surface area contributed by atoms with E-state index in [9.17, 15) is 9.18 Å². The second-order valence-corrected chi connectivity index (χ2v) is 7.74. The molecule has 0 atom stereocenters. The minimum atomic E-state index is -0.189. The molecule has 0 radical (unpaired) electrons. The highest BCUT2D eigenvalue weighted by Crippen LogP contribution is 2.47. The monoisotopic (exact) mass is 404 g/mol. The summed E-state index contributed by atoms with van der Waals surface area (Å²) in [4.78, 5) is 12.7. The molecule has 1 aliphatic carbocycles. The first-order valence-corrected chi connectivity index (χ1v) is 10.1. The van der Waals surface area contributed by atoms with E-state index in [-0.39, 0.29) is 17.1 Å². The number of anilines is 1. The summed E-state index contributed by atoms with van der Waals surface area (Å²) in [5.41, 5.74) is 3.13. The normalized spacial score (nSPS) is 14.2. The van der Waals surface area contributed by atoms with Crippen LogP contribution in [0, 0.1) is 5.82 Å². The average Bonchev–Trinajstić information content (AvgIpc) is 3.56. The summed E-state index contributed by atoms with van der Waals surface area (Å²) in [7, 11) is 1.60. The number of carbonyl (C=O) groups excluding carboxylic acids is 1. The maximum Gasteiger partial charge on any atom is 0.255 e. The summed E-state index contributed by atoms with van der Waals surface area (Å²) in [6, 6.07) is 21.9. The first-order valence-electron chi connectivity index (χ1n) is 10.1. The molecule has 3 aromatic carbocycles. The van der Waals surface area contributed by atoms with Gasteiger partial charge in [0.2, 0.25) is 0 Å². The standard InChI is InChI=1S/C25H25FN2O2/c1-30-22-10-5-9-21(15-22)28-24(29)18-7-4-8-20(14-18)25(12-13-25)17-27-16-19-6-2-3-11-23(19)26/h2-11,14-15,27H,12-13,16-17H2,1H3,(H,28,29). The van der Waals surface area contributed by atoms with Crippen LogP contribution < -0.4 is 15.4 Å². The molecule has 30 heavy (non-hydrogen) atoms. The van der Waals surface area contributed by atoms with Gasteiger partial charge in [0.05, 0.1) is 7.11 Å². The lowest BCUT2D eigenvalue weighted by Gasteiger charge is -2.18. The molecule has 0 saturated heterocycles. The van der Waals surface area contributed by atoms with Crippen molar-refractivity contribution in [1.29, 1.82) is 0 Å². The predicted octanol–water partition coefficient (Wildman–Crippen LogP) is 4.91. The molecule has 2 N–H and O–H groups in total. The molecule has 0 unspecified atom stereocenters. The van der Waals surface area contributed by atoms with Gasteiger partial charge in [-0.3, -0.25) is 4.79 Å². The van der Waals surface area contributed by atoms with Gasteiger partial charge in [-0.1, -0.05) is 36.4 Å². The zero-order valence-electron chi connectivity index (χ0n) is 17.0. The lowest BCUT2D eigenvalue weighted by Crippen LogP contribution is -2.27. The van der Waals surface area contributed by atoms with E-state index in [0.29, 0.717) is 29.1 Å². The van der Waals surface area contributed by atoms with E-state index in [1.807, 2.05) is 42.5 Å². The van der Waals surface area contributed by atoms with E-state index < -0.39 is 0 Å². The molecule has 5 heteroatoms. The Bertz CT molecular complexity index is 1050. The molecule has 4 nitrogen and oxygen atoms in total. The lowest BCUT2D eigenvalue weighted by molar-refractivity contribution is 0.102. The van der Waals surface area contributed by atoms with E-state index in [2.05, 4.69) is 16.7 Å². The van der Waals surface area contributed by atoms with Crippen molar-refractivity contribution in [1.82, 2.24) is 5.32 Å². The van der Waals surface area contributed by atoms with Crippen molar-refractivity contribution in [3.05, 3.63) is 95.3 Å². The van der Waals surface area contributed by atoms with Crippen LogP contribution in [0.25, 0.3) is 0 Å². The summed E-state index contributed by atoms with van der Waals surface area (Å²) in [6.45, 7) is 1.24. The van der Waals surface area contributed by atoms with Gasteiger partial charge in [0, 0.05) is 41.4 Å². The van der Waals surface area contributed by atoms with E-state index >= 15 is 0 Å². The van der Waals surface area contributed by atoms with Gasteiger partial charge in [-0.15, -0.1) is 0 Å². The zero-order chi connectivity index (χ0) is 21.0. The summed E-state index contributed by atoms with van der Waals surface area (Å²) in [5, 5.41) is 6.32. The van der Waals surface area contributed by atoms with Crippen molar-refractivity contribution in [2.75, 3.05) is 19.0 Å². The quantitative estimate of drug-likeness (QED) is 0.561. The molecule has 1 saturated carbocycles. The van der Waals surface area contributed by atoms with Gasteiger partial charge < -0.3 is 15.4 Å². The number of amides is 1. The van der Waals surface area contributed by atoms with Crippen LogP contribution in [0.4, 0.5) is 10.1 Å². The minimum absolute atomic E-state index is 0.0114. The maximum atomic E-state index is 13.8. The fourth-order valence-corrected chi connectivity index (χ4v) is 3.69. The van der Waals surface area contributed by atoms with Gasteiger partial charge in [-0.2, -0.15) is 0 Å². The Morgan fingerprint density at radius 3 is 2.60 bits per heavy atom. The van der Waals surface area contributed by atoms with Crippen LogP contribution >= 0.6 is 0 Å². The molecule has 0 bridgehead atoms. The Labute approximate surface area is 176 Å². The molecular weight excluding hydrogens is 379 g/mol. The van der Waals surface area contributed by atoms with Crippen molar-refractivity contribution in [2.45, 2.75) is 24.8 Å². The number of hydrogen-bond donors (Lipinski definition) is 2. The number of ether oxygens (including phenoxy) is 1. The molecule has 1 amide bonds. The Balaban J connectivity index is 1.42. The molecule has 0 spiro atoms. The molecule has 1 aliphatic rings. The number of hydrogen-bond acceptors (Lipinski definition) is 3. The Morgan fingerprint density at radius 2 is 1.83 bits per heavy atom. The fourth-order valence-electron chi connectivity index (χ4n) is 3.69. The Kier molecular flexibility index (Phi) is 5.81. The van der Waals surface area contributed by atoms with Crippen LogP contribution in [-0.4, -0.2) is 19.6 Å². The number of nitrogens with one attached hydrogen (secondary N) is 2. The van der Waals surface area contributed by atoms with Gasteiger partial charge in [0.1, 0.15) is 11.6 Å². The van der Waals surface area contributed by atoms with Crippen molar-refractivity contribution >= 4 is 11.6 Å². The Hall–Kier alpha value is -3.18. The largest absolute Gasteiger partial charge is 0.497 e. The van der Waals surface area contributed by atoms with Crippen LogP contribution in [-0.2, 0) is 12.0 Å². The predicted molar refractivity (Wildman–Crippen MR) is 116 cm³/mol. The third-order valence-electron chi connectivity index (χ3n) is 5.65. The molecule has 3 aromatic rings. The van der Waals surface area contributed by atoms with E-state index in [1.165, 1.54) is 6.07 Å². The molecule has 0 aliphatic heterocycles. The number of rotatable bonds is 8. The van der Waals surface area contributed by atoms with Gasteiger partial charge in [-0.05, 0) is 48.7 Å². The summed E-state index contributed by atoms with van der Waals surface area (Å²) < 4.78 is 19.0. The molecule has 4 rings (SSSR count). The molecule has 154 valence electrons. The van der Waals surface area contributed by atoms with Crippen molar-refractivity contribution in [3.8, 4) is 5.75 Å². The topological polar surface area (TPSA) is 50.4 Å². The lowest BCUT2D eigenvalue weighted by atomic mass is 9.94. The first kappa shape index (κ1) is 20.1. The highest BCUT2D eigenvalue weighted by atomic mass is 19.1. The summed E-state index contributed by atoms with van der Waals surface area (Å²) in [5.74, 6) is 0.352. The van der Waals surface area contributed by atoms with Crippen molar-refractivity contribution in [2.24, 2.45) is 0 Å². The van der Waals surface area contributed by atoms with Gasteiger partial charge in [-0.25, -0.2) is 4.39 Å². The van der Waals surface area contributed by atoms with Gasteiger partial charge in [0.15, 0.2) is 0 Å². The van der Waals surface area contributed by atoms with Crippen LogP contribution in [0.5, 0.6) is 5.75 Å². The average molecular weight is 404 g/mol. The number of benzene rings is 3.